The maximum Gasteiger partial charge on any atom is 0.176 e. The number of fused-ring (bicyclic) bond motifs is 1. The number of benzene rings is 1. The monoisotopic (exact) mass is 233 g/mol. The molecule has 1 heterocycles. The van der Waals surface area contributed by atoms with Gasteiger partial charge >= 0.3 is 0 Å². The van der Waals surface area contributed by atoms with Gasteiger partial charge in [0.15, 0.2) is 11.3 Å². The Kier molecular flexibility index (Phi) is 3.38. The van der Waals surface area contributed by atoms with Gasteiger partial charge in [-0.25, -0.2) is 0 Å². The van der Waals surface area contributed by atoms with Crippen molar-refractivity contribution in [3.8, 4) is 5.75 Å². The zero-order valence-electron chi connectivity index (χ0n) is 10.8. The van der Waals surface area contributed by atoms with Gasteiger partial charge in [0.1, 0.15) is 5.76 Å². The van der Waals surface area contributed by atoms with Gasteiger partial charge < -0.3 is 14.5 Å². The summed E-state index contributed by atoms with van der Waals surface area (Å²) >= 11 is 0. The van der Waals surface area contributed by atoms with E-state index in [2.05, 4.69) is 38.2 Å². The molecule has 1 N–H and O–H groups in total. The standard InChI is InChI=1S/C14H19NO2/c1-9(2)15-8-12-7-11-5-10(3)6-13(16-4)14(11)17-12/h5-7,9,15H,8H2,1-4H3. The van der Waals surface area contributed by atoms with Crippen LogP contribution in [0.25, 0.3) is 11.0 Å². The molecule has 0 bridgehead atoms. The van der Waals surface area contributed by atoms with Crippen LogP contribution in [0.4, 0.5) is 0 Å². The summed E-state index contributed by atoms with van der Waals surface area (Å²) in [7, 11) is 1.67. The Morgan fingerprint density at radius 2 is 2.06 bits per heavy atom. The van der Waals surface area contributed by atoms with Gasteiger partial charge in [-0.2, -0.15) is 0 Å². The SMILES string of the molecule is COc1cc(C)cc2cc(CNC(C)C)oc12. The molecule has 0 amide bonds. The Balaban J connectivity index is 2.35. The van der Waals surface area contributed by atoms with E-state index in [0.29, 0.717) is 6.04 Å². The lowest BCUT2D eigenvalue weighted by molar-refractivity contribution is 0.405. The molecule has 0 unspecified atom stereocenters. The molecule has 3 nitrogen and oxygen atoms in total. The Morgan fingerprint density at radius 3 is 2.71 bits per heavy atom. The Bertz CT molecular complexity index is 514. The highest BCUT2D eigenvalue weighted by Gasteiger charge is 2.09. The molecule has 0 saturated heterocycles. The van der Waals surface area contributed by atoms with Crippen LogP contribution in [0.15, 0.2) is 22.6 Å². The normalized spacial score (nSPS) is 11.4. The number of hydrogen-bond donors (Lipinski definition) is 1. The second-order valence-electron chi connectivity index (χ2n) is 4.63. The molecular weight excluding hydrogens is 214 g/mol. The van der Waals surface area contributed by atoms with E-state index in [-0.39, 0.29) is 0 Å². The molecule has 17 heavy (non-hydrogen) atoms. The number of ether oxygens (including phenoxy) is 1. The fraction of sp³-hybridized carbons (Fsp3) is 0.429. The Labute approximate surface area is 102 Å². The summed E-state index contributed by atoms with van der Waals surface area (Å²) in [6.07, 6.45) is 0. The van der Waals surface area contributed by atoms with Gasteiger partial charge in [-0.3, -0.25) is 0 Å². The topological polar surface area (TPSA) is 34.4 Å². The van der Waals surface area contributed by atoms with Crippen molar-refractivity contribution >= 4 is 11.0 Å². The fourth-order valence-corrected chi connectivity index (χ4v) is 1.86. The summed E-state index contributed by atoms with van der Waals surface area (Å²) < 4.78 is 11.1. The second kappa shape index (κ2) is 4.80. The number of furan rings is 1. The first kappa shape index (κ1) is 12.0. The molecule has 0 atom stereocenters. The maximum absolute atomic E-state index is 5.81. The molecule has 3 heteroatoms. The predicted octanol–water partition coefficient (Wildman–Crippen LogP) is 3.25. The summed E-state index contributed by atoms with van der Waals surface area (Å²) in [5.41, 5.74) is 2.01. The molecule has 92 valence electrons. The van der Waals surface area contributed by atoms with Crippen molar-refractivity contribution < 1.29 is 9.15 Å². The first-order valence-corrected chi connectivity index (χ1v) is 5.90. The van der Waals surface area contributed by atoms with Gasteiger partial charge in [-0.1, -0.05) is 13.8 Å². The van der Waals surface area contributed by atoms with Crippen LogP contribution in [0.5, 0.6) is 5.75 Å². The Hall–Kier alpha value is -1.48. The van der Waals surface area contributed by atoms with Gasteiger partial charge in [0.05, 0.1) is 13.7 Å². The number of nitrogens with one attached hydrogen (secondary N) is 1. The van der Waals surface area contributed by atoms with E-state index in [0.717, 1.165) is 29.0 Å². The van der Waals surface area contributed by atoms with Crippen molar-refractivity contribution in [1.29, 1.82) is 0 Å². The van der Waals surface area contributed by atoms with E-state index in [1.807, 2.05) is 6.07 Å². The highest BCUT2D eigenvalue weighted by Crippen LogP contribution is 2.30. The van der Waals surface area contributed by atoms with Crippen molar-refractivity contribution in [3.63, 3.8) is 0 Å². The summed E-state index contributed by atoms with van der Waals surface area (Å²) in [4.78, 5) is 0. The van der Waals surface area contributed by atoms with E-state index in [1.54, 1.807) is 7.11 Å². The van der Waals surface area contributed by atoms with Crippen molar-refractivity contribution in [2.45, 2.75) is 33.4 Å². The fourth-order valence-electron chi connectivity index (χ4n) is 1.86. The predicted molar refractivity (Wildman–Crippen MR) is 69.5 cm³/mol. The van der Waals surface area contributed by atoms with Gasteiger partial charge in [0, 0.05) is 11.4 Å². The van der Waals surface area contributed by atoms with Crippen LogP contribution in [0.1, 0.15) is 25.2 Å². The first-order chi connectivity index (χ1) is 8.10. The van der Waals surface area contributed by atoms with E-state index >= 15 is 0 Å². The van der Waals surface area contributed by atoms with E-state index in [4.69, 9.17) is 9.15 Å². The number of rotatable bonds is 4. The van der Waals surface area contributed by atoms with E-state index in [9.17, 15) is 0 Å². The molecule has 0 aliphatic rings. The molecule has 0 aliphatic heterocycles. The van der Waals surface area contributed by atoms with Crippen LogP contribution >= 0.6 is 0 Å². The van der Waals surface area contributed by atoms with Gasteiger partial charge in [-0.05, 0) is 30.7 Å². The van der Waals surface area contributed by atoms with Crippen molar-refractivity contribution in [2.24, 2.45) is 0 Å². The van der Waals surface area contributed by atoms with Crippen molar-refractivity contribution in [1.82, 2.24) is 5.32 Å². The molecule has 2 aromatic rings. The zero-order chi connectivity index (χ0) is 12.4. The minimum atomic E-state index is 0.451. The third kappa shape index (κ3) is 2.61. The maximum atomic E-state index is 5.81. The van der Waals surface area contributed by atoms with Crippen LogP contribution in [0.2, 0.25) is 0 Å². The van der Waals surface area contributed by atoms with E-state index in [1.165, 1.54) is 5.56 Å². The lowest BCUT2D eigenvalue weighted by Crippen LogP contribution is -2.21. The summed E-state index contributed by atoms with van der Waals surface area (Å²) in [5.74, 6) is 1.74. The summed E-state index contributed by atoms with van der Waals surface area (Å²) in [5, 5.41) is 4.44. The van der Waals surface area contributed by atoms with E-state index < -0.39 is 0 Å². The molecule has 1 aromatic carbocycles. The molecule has 0 aliphatic carbocycles. The smallest absolute Gasteiger partial charge is 0.176 e. The van der Waals surface area contributed by atoms with Crippen LogP contribution in [-0.2, 0) is 6.54 Å². The second-order valence-corrected chi connectivity index (χ2v) is 4.63. The summed E-state index contributed by atoms with van der Waals surface area (Å²) in [6.45, 7) is 7.04. The lowest BCUT2D eigenvalue weighted by atomic mass is 10.1. The van der Waals surface area contributed by atoms with Crippen LogP contribution in [-0.4, -0.2) is 13.2 Å². The third-order valence-electron chi connectivity index (χ3n) is 2.68. The molecule has 0 saturated carbocycles. The Morgan fingerprint density at radius 1 is 1.29 bits per heavy atom. The number of methoxy groups -OCH3 is 1. The zero-order valence-corrected chi connectivity index (χ0v) is 10.8. The largest absolute Gasteiger partial charge is 0.493 e. The first-order valence-electron chi connectivity index (χ1n) is 5.90. The summed E-state index contributed by atoms with van der Waals surface area (Å²) in [6, 6.07) is 6.62. The average Bonchev–Trinajstić information content (AvgIpc) is 2.67. The van der Waals surface area contributed by atoms with Crippen LogP contribution in [0, 0.1) is 6.92 Å². The van der Waals surface area contributed by atoms with Gasteiger partial charge in [-0.15, -0.1) is 0 Å². The van der Waals surface area contributed by atoms with Gasteiger partial charge in [0.2, 0.25) is 0 Å². The quantitative estimate of drug-likeness (QED) is 0.880. The molecular formula is C14H19NO2. The molecule has 2 rings (SSSR count). The highest BCUT2D eigenvalue weighted by atomic mass is 16.5. The number of aryl methyl sites for hydroxylation is 1. The third-order valence-corrected chi connectivity index (χ3v) is 2.68. The highest BCUT2D eigenvalue weighted by molar-refractivity contribution is 5.84. The minimum absolute atomic E-state index is 0.451. The van der Waals surface area contributed by atoms with Crippen molar-refractivity contribution in [2.75, 3.05) is 7.11 Å². The van der Waals surface area contributed by atoms with Crippen LogP contribution < -0.4 is 10.1 Å². The molecule has 1 aromatic heterocycles. The lowest BCUT2D eigenvalue weighted by Gasteiger charge is -2.04. The number of hydrogen-bond acceptors (Lipinski definition) is 3. The minimum Gasteiger partial charge on any atom is -0.493 e. The molecule has 0 fully saturated rings. The van der Waals surface area contributed by atoms with Gasteiger partial charge in [0.25, 0.3) is 0 Å². The molecule has 0 radical (unpaired) electrons. The van der Waals surface area contributed by atoms with Crippen molar-refractivity contribution in [3.05, 3.63) is 29.5 Å². The average molecular weight is 233 g/mol. The molecule has 0 spiro atoms. The van der Waals surface area contributed by atoms with Crippen LogP contribution in [0.3, 0.4) is 0 Å².